The van der Waals surface area contributed by atoms with E-state index >= 15 is 0 Å². The number of rotatable bonds is 6. The third kappa shape index (κ3) is 7.99. The molecule has 39 heavy (non-hydrogen) atoms. The fourth-order valence-corrected chi connectivity index (χ4v) is 5.96. The second-order valence-electron chi connectivity index (χ2n) is 10.6. The van der Waals surface area contributed by atoms with E-state index in [4.69, 9.17) is 11.6 Å². The van der Waals surface area contributed by atoms with E-state index in [0.717, 1.165) is 37.4 Å². The lowest BCUT2D eigenvalue weighted by molar-refractivity contribution is -0.274. The predicted molar refractivity (Wildman–Crippen MR) is 141 cm³/mol. The number of carbonyl (C=O) groups excluding carboxylic acids is 1. The number of benzene rings is 2. The van der Waals surface area contributed by atoms with Crippen molar-refractivity contribution in [1.82, 2.24) is 9.80 Å². The molecule has 1 saturated heterocycles. The van der Waals surface area contributed by atoms with Crippen LogP contribution >= 0.6 is 11.6 Å². The summed E-state index contributed by atoms with van der Waals surface area (Å²) in [6, 6.07) is 10.0. The van der Waals surface area contributed by atoms with Gasteiger partial charge in [-0.15, -0.1) is 13.2 Å². The van der Waals surface area contributed by atoms with Crippen molar-refractivity contribution in [3.8, 4) is 5.75 Å². The van der Waals surface area contributed by atoms with Crippen LogP contribution in [0.1, 0.15) is 31.7 Å². The SMILES string of the molecule is CC1C2CCC(N(CCN3CCC(O)C3)C(=O)Nc3ccc(F)c(Cl)c3)C12.Cc1ccc(OC(F)(F)F)cc1. The highest BCUT2D eigenvalue weighted by atomic mass is 35.5. The van der Waals surface area contributed by atoms with Crippen LogP contribution in [0.4, 0.5) is 28.0 Å². The van der Waals surface area contributed by atoms with Gasteiger partial charge in [0.2, 0.25) is 0 Å². The van der Waals surface area contributed by atoms with Gasteiger partial charge in [-0.05, 0) is 74.3 Å². The molecule has 0 radical (unpaired) electrons. The van der Waals surface area contributed by atoms with Gasteiger partial charge in [-0.25, -0.2) is 9.18 Å². The first-order chi connectivity index (χ1) is 18.4. The van der Waals surface area contributed by atoms with Gasteiger partial charge in [0.05, 0.1) is 11.1 Å². The fourth-order valence-electron chi connectivity index (χ4n) is 5.78. The molecule has 0 spiro atoms. The van der Waals surface area contributed by atoms with Gasteiger partial charge in [0.15, 0.2) is 0 Å². The van der Waals surface area contributed by atoms with Crippen LogP contribution in [0.5, 0.6) is 5.75 Å². The minimum absolute atomic E-state index is 0.00199. The first-order valence-electron chi connectivity index (χ1n) is 13.2. The second-order valence-corrected chi connectivity index (χ2v) is 11.0. The van der Waals surface area contributed by atoms with Crippen LogP contribution in [0.25, 0.3) is 0 Å². The van der Waals surface area contributed by atoms with Crippen molar-refractivity contribution in [2.75, 3.05) is 31.5 Å². The summed E-state index contributed by atoms with van der Waals surface area (Å²) < 4.78 is 51.9. The molecule has 0 aromatic heterocycles. The number of aliphatic hydroxyl groups is 1. The van der Waals surface area contributed by atoms with Gasteiger partial charge in [0, 0.05) is 37.9 Å². The number of hydrogen-bond donors (Lipinski definition) is 2. The maximum absolute atomic E-state index is 13.4. The first-order valence-corrected chi connectivity index (χ1v) is 13.5. The molecule has 11 heteroatoms. The van der Waals surface area contributed by atoms with Crippen LogP contribution in [0.3, 0.4) is 0 Å². The summed E-state index contributed by atoms with van der Waals surface area (Å²) in [5.74, 6) is 1.35. The third-order valence-electron chi connectivity index (χ3n) is 7.87. The molecule has 2 aliphatic carbocycles. The van der Waals surface area contributed by atoms with Crippen LogP contribution in [0, 0.1) is 30.5 Å². The molecule has 2 aromatic rings. The molecule has 1 aliphatic heterocycles. The van der Waals surface area contributed by atoms with E-state index in [1.807, 2.05) is 4.90 Å². The van der Waals surface area contributed by atoms with Crippen molar-refractivity contribution in [3.63, 3.8) is 0 Å². The van der Waals surface area contributed by atoms with Crippen molar-refractivity contribution in [1.29, 1.82) is 0 Å². The predicted octanol–water partition coefficient (Wildman–Crippen LogP) is 6.32. The maximum Gasteiger partial charge on any atom is 0.573 e. The van der Waals surface area contributed by atoms with Crippen molar-refractivity contribution < 1.29 is 32.2 Å². The number of amides is 2. The number of alkyl halides is 3. The van der Waals surface area contributed by atoms with E-state index in [1.54, 1.807) is 19.1 Å². The van der Waals surface area contributed by atoms with Gasteiger partial charge in [0.1, 0.15) is 11.6 Å². The van der Waals surface area contributed by atoms with Crippen LogP contribution in [-0.2, 0) is 0 Å². The summed E-state index contributed by atoms with van der Waals surface area (Å²) in [4.78, 5) is 17.2. The molecule has 5 atom stereocenters. The highest BCUT2D eigenvalue weighted by Gasteiger charge is 2.57. The number of aryl methyl sites for hydroxylation is 1. The highest BCUT2D eigenvalue weighted by Crippen LogP contribution is 2.58. The van der Waals surface area contributed by atoms with Crippen LogP contribution < -0.4 is 10.1 Å². The number of nitrogens with one attached hydrogen (secondary N) is 1. The Bertz CT molecular complexity index is 1130. The van der Waals surface area contributed by atoms with Crippen molar-refractivity contribution in [2.24, 2.45) is 17.8 Å². The largest absolute Gasteiger partial charge is 0.573 e. The highest BCUT2D eigenvalue weighted by molar-refractivity contribution is 6.31. The Hall–Kier alpha value is -2.56. The molecule has 2 N–H and O–H groups in total. The fraction of sp³-hybridized carbons (Fsp3) is 0.536. The summed E-state index contributed by atoms with van der Waals surface area (Å²) >= 11 is 5.84. The number of urea groups is 1. The molecule has 0 bridgehead atoms. The van der Waals surface area contributed by atoms with Gasteiger partial charge in [-0.2, -0.15) is 0 Å². The Balaban J connectivity index is 0.000000247. The molecule has 2 saturated carbocycles. The molecule has 2 amide bonds. The van der Waals surface area contributed by atoms with Gasteiger partial charge < -0.3 is 20.1 Å². The Morgan fingerprint density at radius 3 is 2.46 bits per heavy atom. The van der Waals surface area contributed by atoms with E-state index in [9.17, 15) is 27.5 Å². The third-order valence-corrected chi connectivity index (χ3v) is 8.16. The molecular weight excluding hydrogens is 538 g/mol. The number of ether oxygens (including phenoxy) is 1. The van der Waals surface area contributed by atoms with E-state index in [1.165, 1.54) is 36.8 Å². The Morgan fingerprint density at radius 2 is 1.90 bits per heavy atom. The van der Waals surface area contributed by atoms with Gasteiger partial charge in [0.25, 0.3) is 0 Å². The number of hydrogen-bond acceptors (Lipinski definition) is 4. The van der Waals surface area contributed by atoms with Crippen molar-refractivity contribution in [3.05, 3.63) is 58.9 Å². The van der Waals surface area contributed by atoms with Crippen LogP contribution in [-0.4, -0.2) is 65.6 Å². The van der Waals surface area contributed by atoms with Gasteiger partial charge in [-0.3, -0.25) is 4.90 Å². The zero-order valence-corrected chi connectivity index (χ0v) is 22.7. The van der Waals surface area contributed by atoms with Crippen molar-refractivity contribution in [2.45, 2.75) is 51.6 Å². The van der Waals surface area contributed by atoms with Crippen LogP contribution in [0.2, 0.25) is 5.02 Å². The molecule has 2 aromatic carbocycles. The van der Waals surface area contributed by atoms with E-state index in [0.29, 0.717) is 30.6 Å². The average molecular weight is 572 g/mol. The molecular formula is C28H34ClF4N3O3. The summed E-state index contributed by atoms with van der Waals surface area (Å²) in [5.41, 5.74) is 1.40. The number of anilines is 1. The molecule has 6 nitrogen and oxygen atoms in total. The zero-order valence-electron chi connectivity index (χ0n) is 21.9. The molecule has 3 aliphatic rings. The minimum Gasteiger partial charge on any atom is -0.406 e. The normalized spacial score (nSPS) is 25.9. The number of likely N-dealkylation sites (tertiary alicyclic amines) is 1. The number of aliphatic hydroxyl groups excluding tert-OH is 1. The molecule has 214 valence electrons. The summed E-state index contributed by atoms with van der Waals surface area (Å²) in [6.07, 6.45) is -1.83. The molecule has 5 unspecified atom stereocenters. The number of nitrogens with zero attached hydrogens (tertiary/aromatic N) is 2. The smallest absolute Gasteiger partial charge is 0.406 e. The van der Waals surface area contributed by atoms with Gasteiger partial charge in [-0.1, -0.05) is 36.2 Å². The minimum atomic E-state index is -4.60. The maximum atomic E-state index is 13.4. The lowest BCUT2D eigenvalue weighted by Gasteiger charge is -2.32. The average Bonchev–Trinajstić information content (AvgIpc) is 3.17. The Kier molecular flexibility index (Phi) is 9.29. The number of carbonyl (C=O) groups is 1. The number of fused-ring (bicyclic) bond motifs is 1. The lowest BCUT2D eigenvalue weighted by Crippen LogP contribution is -2.47. The standard InChI is InChI=1S/C20H27ClFN3O2.C8H7F3O/c1-12-15-3-5-18(19(12)15)25(9-8-24-7-6-14(26)11-24)20(27)23-13-2-4-17(22)16(21)10-13;1-6-2-4-7(5-3-6)12-8(9,10)11/h2,4,10,12,14-15,18-19,26H,3,5-9,11H2,1H3,(H,23,27);2-5H,1H3. The number of β-amino-alcohol motifs (C(OH)–C–C–N with tert-alkyl or cyclic N) is 1. The summed E-state index contributed by atoms with van der Waals surface area (Å²) in [5, 5.41) is 12.6. The van der Waals surface area contributed by atoms with Gasteiger partial charge >= 0.3 is 12.4 Å². The monoisotopic (exact) mass is 571 g/mol. The quantitative estimate of drug-likeness (QED) is 0.398. The summed E-state index contributed by atoms with van der Waals surface area (Å²) in [6.45, 7) is 7.00. The first kappa shape index (κ1) is 29.4. The summed E-state index contributed by atoms with van der Waals surface area (Å²) in [7, 11) is 0. The van der Waals surface area contributed by atoms with E-state index < -0.39 is 12.2 Å². The Labute approximate surface area is 230 Å². The number of halogens is 5. The molecule has 3 fully saturated rings. The Morgan fingerprint density at radius 1 is 1.18 bits per heavy atom. The van der Waals surface area contributed by atoms with E-state index in [-0.39, 0.29) is 28.9 Å². The second kappa shape index (κ2) is 12.3. The van der Waals surface area contributed by atoms with E-state index in [2.05, 4.69) is 21.9 Å². The topological polar surface area (TPSA) is 65.0 Å². The molecule has 5 rings (SSSR count). The van der Waals surface area contributed by atoms with Crippen molar-refractivity contribution >= 4 is 23.3 Å². The zero-order chi connectivity index (χ0) is 28.3. The molecule has 1 heterocycles. The lowest BCUT2D eigenvalue weighted by atomic mass is 10.1. The van der Waals surface area contributed by atoms with Crippen LogP contribution in [0.15, 0.2) is 42.5 Å².